The fraction of sp³-hybridized carbons (Fsp3) is 0.471. The van der Waals surface area contributed by atoms with Crippen molar-refractivity contribution in [3.05, 3.63) is 30.3 Å². The highest BCUT2D eigenvalue weighted by atomic mass is 16.7. The largest absolute Gasteiger partial charge is 0.468 e. The van der Waals surface area contributed by atoms with Crippen molar-refractivity contribution in [1.82, 2.24) is 5.32 Å². The molecule has 1 aromatic carbocycles. The van der Waals surface area contributed by atoms with E-state index in [1.54, 1.807) is 44.2 Å². The number of carbonyl (C=O) groups is 2. The van der Waals surface area contributed by atoms with Crippen molar-refractivity contribution in [3.8, 4) is 0 Å². The number of para-hydroxylation sites is 1. The molecule has 2 amide bonds. The summed E-state index contributed by atoms with van der Waals surface area (Å²) < 4.78 is 5.28. The van der Waals surface area contributed by atoms with Crippen LogP contribution in [0.4, 0.5) is 10.5 Å². The Kier molecular flexibility index (Phi) is 7.11. The topological polar surface area (TPSA) is 150 Å². The summed E-state index contributed by atoms with van der Waals surface area (Å²) in [4.78, 5) is 28.5. The lowest BCUT2D eigenvalue weighted by Crippen LogP contribution is -2.63. The Balaban J connectivity index is 2.13. The van der Waals surface area contributed by atoms with E-state index in [0.717, 1.165) is 0 Å². The fourth-order valence-electron chi connectivity index (χ4n) is 2.30. The summed E-state index contributed by atoms with van der Waals surface area (Å²) in [6.45, 7) is 2.66. The van der Waals surface area contributed by atoms with Gasteiger partial charge in [-0.05, 0) is 17.3 Å². The number of nitrogens with one attached hydrogen (secondary N) is 2. The zero-order valence-corrected chi connectivity index (χ0v) is 14.9. The summed E-state index contributed by atoms with van der Waals surface area (Å²) in [5.74, 6) is -1.18. The summed E-state index contributed by atoms with van der Waals surface area (Å²) in [5, 5.41) is 37.9. The normalized spacial score (nSPS) is 26.4. The lowest BCUT2D eigenvalue weighted by atomic mass is 9.97. The predicted octanol–water partition coefficient (Wildman–Crippen LogP) is -0.198. The van der Waals surface area contributed by atoms with Crippen LogP contribution in [0.15, 0.2) is 35.5 Å². The molecule has 10 nitrogen and oxygen atoms in total. The summed E-state index contributed by atoms with van der Waals surface area (Å²) >= 11 is 0. The van der Waals surface area contributed by atoms with Gasteiger partial charge in [0.1, 0.15) is 18.2 Å². The van der Waals surface area contributed by atoms with E-state index in [1.807, 2.05) is 0 Å². The SMILES string of the molecule is CC(C)C(=O)N[C@H]1/C(=N\OC(=O)Nc2ccccc2)O[C@H](CO)[C@@H](O)[C@@H]1O. The summed E-state index contributed by atoms with van der Waals surface area (Å²) in [6.07, 6.45) is -5.10. The lowest BCUT2D eigenvalue weighted by molar-refractivity contribution is -0.130. The van der Waals surface area contributed by atoms with Crippen LogP contribution >= 0.6 is 0 Å². The Morgan fingerprint density at radius 2 is 1.89 bits per heavy atom. The molecule has 1 fully saturated rings. The maximum atomic E-state index is 12.0. The number of aliphatic hydroxyl groups is 3. The zero-order chi connectivity index (χ0) is 20.0. The van der Waals surface area contributed by atoms with Gasteiger partial charge in [0.15, 0.2) is 6.10 Å². The van der Waals surface area contributed by atoms with Crippen LogP contribution in [-0.4, -0.2) is 64.2 Å². The molecule has 4 atom stereocenters. The Morgan fingerprint density at radius 3 is 2.48 bits per heavy atom. The molecule has 1 aliphatic rings. The van der Waals surface area contributed by atoms with Gasteiger partial charge in [-0.3, -0.25) is 14.9 Å². The first-order valence-electron chi connectivity index (χ1n) is 8.38. The van der Waals surface area contributed by atoms with Gasteiger partial charge in [-0.25, -0.2) is 4.79 Å². The number of anilines is 1. The molecule has 1 heterocycles. The van der Waals surface area contributed by atoms with Gasteiger partial charge in [-0.2, -0.15) is 0 Å². The third kappa shape index (κ3) is 5.39. The second-order valence-corrected chi connectivity index (χ2v) is 6.26. The summed E-state index contributed by atoms with van der Waals surface area (Å²) in [6, 6.07) is 7.23. The number of amides is 2. The number of hydrogen-bond acceptors (Lipinski definition) is 8. The van der Waals surface area contributed by atoms with Crippen LogP contribution in [0, 0.1) is 5.92 Å². The fourth-order valence-corrected chi connectivity index (χ4v) is 2.30. The smallest absolute Gasteiger partial charge is 0.437 e. The van der Waals surface area contributed by atoms with Gasteiger partial charge < -0.3 is 25.4 Å². The highest BCUT2D eigenvalue weighted by molar-refractivity contribution is 5.90. The van der Waals surface area contributed by atoms with Crippen LogP contribution in [-0.2, 0) is 14.4 Å². The number of oxime groups is 1. The van der Waals surface area contributed by atoms with E-state index in [0.29, 0.717) is 5.69 Å². The molecule has 0 aromatic heterocycles. The summed E-state index contributed by atoms with van der Waals surface area (Å²) in [7, 11) is 0. The van der Waals surface area contributed by atoms with Crippen LogP contribution in [0.2, 0.25) is 0 Å². The van der Waals surface area contributed by atoms with E-state index >= 15 is 0 Å². The van der Waals surface area contributed by atoms with Crippen molar-refractivity contribution >= 4 is 23.6 Å². The maximum absolute atomic E-state index is 12.0. The number of carbonyl (C=O) groups excluding carboxylic acids is 2. The molecule has 1 aliphatic heterocycles. The molecular weight excluding hydrogens is 358 g/mol. The molecule has 0 aliphatic carbocycles. The zero-order valence-electron chi connectivity index (χ0n) is 14.9. The first-order chi connectivity index (χ1) is 12.8. The molecule has 0 saturated carbocycles. The Hall–Kier alpha value is -2.69. The minimum Gasteiger partial charge on any atom is -0.468 e. The molecule has 148 valence electrons. The number of rotatable bonds is 5. The van der Waals surface area contributed by atoms with Crippen LogP contribution in [0.25, 0.3) is 0 Å². The average molecular weight is 381 g/mol. The molecule has 5 N–H and O–H groups in total. The second kappa shape index (κ2) is 9.31. The van der Waals surface area contributed by atoms with Gasteiger partial charge in [-0.1, -0.05) is 32.0 Å². The molecule has 0 bridgehead atoms. The average Bonchev–Trinajstić information content (AvgIpc) is 2.65. The molecule has 0 radical (unpaired) electrons. The lowest BCUT2D eigenvalue weighted by Gasteiger charge is -2.37. The van der Waals surface area contributed by atoms with Crippen molar-refractivity contribution < 1.29 is 34.5 Å². The maximum Gasteiger partial charge on any atom is 0.437 e. The monoisotopic (exact) mass is 381 g/mol. The van der Waals surface area contributed by atoms with E-state index in [4.69, 9.17) is 9.57 Å². The van der Waals surface area contributed by atoms with Gasteiger partial charge in [0.2, 0.25) is 5.91 Å². The second-order valence-electron chi connectivity index (χ2n) is 6.26. The quantitative estimate of drug-likeness (QED) is 0.350. The molecule has 0 unspecified atom stereocenters. The van der Waals surface area contributed by atoms with Gasteiger partial charge in [0.25, 0.3) is 5.90 Å². The van der Waals surface area contributed by atoms with Crippen LogP contribution in [0.1, 0.15) is 13.8 Å². The highest BCUT2D eigenvalue weighted by Gasteiger charge is 2.44. The summed E-state index contributed by atoms with van der Waals surface area (Å²) in [5.41, 5.74) is 0.473. The number of nitrogens with zero attached hydrogens (tertiary/aromatic N) is 1. The van der Waals surface area contributed by atoms with Gasteiger partial charge >= 0.3 is 6.09 Å². The Morgan fingerprint density at radius 1 is 1.22 bits per heavy atom. The minimum atomic E-state index is -1.52. The number of hydrogen-bond donors (Lipinski definition) is 5. The number of aliphatic hydroxyl groups excluding tert-OH is 3. The van der Waals surface area contributed by atoms with Crippen LogP contribution in [0.3, 0.4) is 0 Å². The molecule has 1 saturated heterocycles. The Labute approximate surface area is 155 Å². The molecule has 1 aromatic rings. The van der Waals surface area contributed by atoms with E-state index in [9.17, 15) is 24.9 Å². The molecule has 10 heteroatoms. The van der Waals surface area contributed by atoms with Crippen molar-refractivity contribution in [1.29, 1.82) is 0 Å². The number of benzene rings is 1. The Bertz CT molecular complexity index is 680. The van der Waals surface area contributed by atoms with Crippen molar-refractivity contribution in [2.45, 2.75) is 38.2 Å². The standard InChI is InChI=1S/C17H23N3O7/c1-9(2)15(24)19-12-14(23)13(22)11(8-21)26-16(12)20-27-17(25)18-10-6-4-3-5-7-10/h3-7,9,11-14,21-23H,8H2,1-2H3,(H,18,25)(H,19,24)/b20-16+/t11-,12-,13-,14-/m1/s1. The van der Waals surface area contributed by atoms with Gasteiger partial charge in [0.05, 0.1) is 6.61 Å². The van der Waals surface area contributed by atoms with Crippen molar-refractivity contribution in [2.75, 3.05) is 11.9 Å². The van der Waals surface area contributed by atoms with Gasteiger partial charge in [-0.15, -0.1) is 0 Å². The van der Waals surface area contributed by atoms with Crippen molar-refractivity contribution in [2.24, 2.45) is 11.1 Å². The van der Waals surface area contributed by atoms with Crippen LogP contribution in [0.5, 0.6) is 0 Å². The molecular formula is C17H23N3O7. The number of ether oxygens (including phenoxy) is 1. The van der Waals surface area contributed by atoms with E-state index < -0.39 is 48.9 Å². The van der Waals surface area contributed by atoms with Crippen LogP contribution < -0.4 is 10.6 Å². The predicted molar refractivity (Wildman–Crippen MR) is 94.7 cm³/mol. The van der Waals surface area contributed by atoms with Gasteiger partial charge in [0, 0.05) is 11.6 Å². The first kappa shape index (κ1) is 20.6. The van der Waals surface area contributed by atoms with E-state index in [2.05, 4.69) is 15.8 Å². The molecule has 27 heavy (non-hydrogen) atoms. The first-order valence-corrected chi connectivity index (χ1v) is 8.38. The third-order valence-electron chi connectivity index (χ3n) is 3.85. The highest BCUT2D eigenvalue weighted by Crippen LogP contribution is 2.19. The minimum absolute atomic E-state index is 0.343. The van der Waals surface area contributed by atoms with Crippen molar-refractivity contribution in [3.63, 3.8) is 0 Å². The third-order valence-corrected chi connectivity index (χ3v) is 3.85. The molecule has 0 spiro atoms. The van der Waals surface area contributed by atoms with E-state index in [-0.39, 0.29) is 5.90 Å². The molecule has 2 rings (SSSR count). The van der Waals surface area contributed by atoms with E-state index in [1.165, 1.54) is 0 Å².